The summed E-state index contributed by atoms with van der Waals surface area (Å²) in [7, 11) is 0. The third-order valence-corrected chi connectivity index (χ3v) is 3.71. The van der Waals surface area contributed by atoms with Gasteiger partial charge in [-0.25, -0.2) is 0 Å². The Hall–Kier alpha value is -0.860. The lowest BCUT2D eigenvalue weighted by atomic mass is 10.0. The molecule has 0 spiro atoms. The van der Waals surface area contributed by atoms with Crippen LogP contribution in [0.2, 0.25) is 0 Å². The lowest BCUT2D eigenvalue weighted by molar-refractivity contribution is 0.330. The minimum Gasteiger partial charge on any atom is -0.316 e. The molecule has 1 saturated heterocycles. The number of benzene rings is 1. The molecule has 0 atom stereocenters. The smallest absolute Gasteiger partial charge is 0.0236 e. The number of likely N-dealkylation sites (tertiary alicyclic amines) is 1. The molecule has 1 aliphatic rings. The van der Waals surface area contributed by atoms with Gasteiger partial charge in [0.1, 0.15) is 0 Å². The van der Waals surface area contributed by atoms with E-state index in [9.17, 15) is 0 Å². The second-order valence-electron chi connectivity index (χ2n) is 5.25. The summed E-state index contributed by atoms with van der Waals surface area (Å²) in [5, 5.41) is 3.49. The normalized spacial score (nSPS) is 16.3. The van der Waals surface area contributed by atoms with Crippen molar-refractivity contribution in [1.82, 2.24) is 10.2 Å². The number of nitrogens with zero attached hydrogens (tertiary/aromatic N) is 1. The fourth-order valence-electron chi connectivity index (χ4n) is 2.66. The largest absolute Gasteiger partial charge is 0.316 e. The summed E-state index contributed by atoms with van der Waals surface area (Å²) < 4.78 is 0. The molecule has 2 heteroatoms. The monoisotopic (exact) mass is 246 g/mol. The topological polar surface area (TPSA) is 15.3 Å². The van der Waals surface area contributed by atoms with E-state index in [4.69, 9.17) is 0 Å². The summed E-state index contributed by atoms with van der Waals surface area (Å²) in [6.45, 7) is 8.16. The molecule has 0 saturated carbocycles. The maximum Gasteiger partial charge on any atom is 0.0236 e. The van der Waals surface area contributed by atoms with E-state index in [0.29, 0.717) is 0 Å². The Morgan fingerprint density at radius 3 is 2.50 bits per heavy atom. The van der Waals surface area contributed by atoms with Crippen molar-refractivity contribution in [3.8, 4) is 0 Å². The highest BCUT2D eigenvalue weighted by molar-refractivity contribution is 5.27. The van der Waals surface area contributed by atoms with Crippen molar-refractivity contribution in [2.75, 3.05) is 26.2 Å². The van der Waals surface area contributed by atoms with Gasteiger partial charge in [0, 0.05) is 6.54 Å². The van der Waals surface area contributed by atoms with Crippen molar-refractivity contribution in [2.45, 2.75) is 39.2 Å². The minimum atomic E-state index is 1.10. The summed E-state index contributed by atoms with van der Waals surface area (Å²) >= 11 is 0. The maximum absolute atomic E-state index is 3.49. The van der Waals surface area contributed by atoms with E-state index in [-0.39, 0.29) is 0 Å². The molecule has 0 aromatic heterocycles. The first kappa shape index (κ1) is 13.6. The molecule has 0 radical (unpaired) electrons. The van der Waals surface area contributed by atoms with Gasteiger partial charge in [0.25, 0.3) is 0 Å². The maximum atomic E-state index is 3.49. The van der Waals surface area contributed by atoms with E-state index in [2.05, 4.69) is 41.4 Å². The molecule has 2 rings (SSSR count). The molecule has 2 nitrogen and oxygen atoms in total. The van der Waals surface area contributed by atoms with Crippen LogP contribution in [0.1, 0.15) is 37.3 Å². The van der Waals surface area contributed by atoms with Gasteiger partial charge in [-0.05, 0) is 63.0 Å². The van der Waals surface area contributed by atoms with Crippen LogP contribution in [-0.4, -0.2) is 31.1 Å². The van der Waals surface area contributed by atoms with Crippen LogP contribution in [0.4, 0.5) is 0 Å². The fourth-order valence-corrected chi connectivity index (χ4v) is 2.66. The first-order valence-corrected chi connectivity index (χ1v) is 7.40. The van der Waals surface area contributed by atoms with Gasteiger partial charge in [0.05, 0.1) is 0 Å². The Morgan fingerprint density at radius 1 is 1.06 bits per heavy atom. The highest BCUT2D eigenvalue weighted by Gasteiger charge is 2.13. The number of hydrogen-bond acceptors (Lipinski definition) is 2. The quantitative estimate of drug-likeness (QED) is 0.744. The third kappa shape index (κ3) is 4.11. The van der Waals surface area contributed by atoms with Crippen LogP contribution in [0.15, 0.2) is 24.3 Å². The summed E-state index contributed by atoms with van der Waals surface area (Å²) in [5.74, 6) is 0. The lowest BCUT2D eigenvalue weighted by Gasteiger charge is -2.17. The molecular formula is C16H26N2. The first-order chi connectivity index (χ1) is 8.90. The highest BCUT2D eigenvalue weighted by Crippen LogP contribution is 2.16. The van der Waals surface area contributed by atoms with Crippen molar-refractivity contribution >= 4 is 0 Å². The second-order valence-corrected chi connectivity index (χ2v) is 5.25. The molecule has 100 valence electrons. The average molecular weight is 246 g/mol. The summed E-state index contributed by atoms with van der Waals surface area (Å²) in [6.07, 6.45) is 5.12. The predicted octanol–water partition coefficient (Wildman–Crippen LogP) is 2.82. The molecule has 0 unspecified atom stereocenters. The molecule has 1 N–H and O–H groups in total. The van der Waals surface area contributed by atoms with Gasteiger partial charge >= 0.3 is 0 Å². The van der Waals surface area contributed by atoms with Crippen LogP contribution in [-0.2, 0) is 13.0 Å². The molecule has 0 bridgehead atoms. The number of rotatable bonds is 7. The summed E-state index contributed by atoms with van der Waals surface area (Å²) in [6, 6.07) is 8.93. The van der Waals surface area contributed by atoms with E-state index in [1.807, 2.05) is 0 Å². The molecule has 0 aliphatic carbocycles. The van der Waals surface area contributed by atoms with Gasteiger partial charge in [0.2, 0.25) is 0 Å². The van der Waals surface area contributed by atoms with E-state index in [0.717, 1.165) is 26.1 Å². The van der Waals surface area contributed by atoms with Gasteiger partial charge in [-0.2, -0.15) is 0 Å². The van der Waals surface area contributed by atoms with Crippen molar-refractivity contribution < 1.29 is 0 Å². The second kappa shape index (κ2) is 7.55. The summed E-state index contributed by atoms with van der Waals surface area (Å²) in [4.78, 5) is 2.58. The fraction of sp³-hybridized carbons (Fsp3) is 0.625. The molecule has 1 heterocycles. The van der Waals surface area contributed by atoms with Crippen LogP contribution in [0.25, 0.3) is 0 Å². The Balaban J connectivity index is 1.87. The molecule has 1 aromatic rings. The summed E-state index contributed by atoms with van der Waals surface area (Å²) in [5.41, 5.74) is 3.05. The van der Waals surface area contributed by atoms with Crippen LogP contribution >= 0.6 is 0 Å². The molecule has 18 heavy (non-hydrogen) atoms. The zero-order valence-corrected chi connectivity index (χ0v) is 11.6. The van der Waals surface area contributed by atoms with Gasteiger partial charge in [-0.3, -0.25) is 4.90 Å². The van der Waals surface area contributed by atoms with Gasteiger partial charge in [-0.1, -0.05) is 31.2 Å². The lowest BCUT2D eigenvalue weighted by Crippen LogP contribution is -2.21. The molecule has 1 aliphatic heterocycles. The zero-order valence-electron chi connectivity index (χ0n) is 11.6. The standard InChI is InChI=1S/C16H26N2/c1-2-10-17-11-9-15-7-3-4-8-16(15)14-18-12-5-6-13-18/h3-4,7-8,17H,2,5-6,9-14H2,1H3. The van der Waals surface area contributed by atoms with Crippen molar-refractivity contribution in [2.24, 2.45) is 0 Å². The molecule has 1 aromatic carbocycles. The highest BCUT2D eigenvalue weighted by atomic mass is 15.1. The van der Waals surface area contributed by atoms with Crippen LogP contribution < -0.4 is 5.32 Å². The predicted molar refractivity (Wildman–Crippen MR) is 77.8 cm³/mol. The van der Waals surface area contributed by atoms with Crippen LogP contribution in [0.5, 0.6) is 0 Å². The Labute approximate surface area is 111 Å². The van der Waals surface area contributed by atoms with E-state index < -0.39 is 0 Å². The van der Waals surface area contributed by atoms with Crippen molar-refractivity contribution in [1.29, 1.82) is 0 Å². The van der Waals surface area contributed by atoms with Crippen LogP contribution in [0.3, 0.4) is 0 Å². The third-order valence-electron chi connectivity index (χ3n) is 3.71. The van der Waals surface area contributed by atoms with Gasteiger partial charge < -0.3 is 5.32 Å². The van der Waals surface area contributed by atoms with E-state index >= 15 is 0 Å². The molecule has 0 amide bonds. The van der Waals surface area contributed by atoms with E-state index in [1.165, 1.54) is 43.5 Å². The van der Waals surface area contributed by atoms with Crippen LogP contribution in [0, 0.1) is 0 Å². The Morgan fingerprint density at radius 2 is 1.78 bits per heavy atom. The minimum absolute atomic E-state index is 1.10. The molecular weight excluding hydrogens is 220 g/mol. The average Bonchev–Trinajstić information content (AvgIpc) is 2.89. The number of hydrogen-bond donors (Lipinski definition) is 1. The SMILES string of the molecule is CCCNCCc1ccccc1CN1CCCC1. The first-order valence-electron chi connectivity index (χ1n) is 7.40. The number of nitrogens with one attached hydrogen (secondary N) is 1. The Bertz CT molecular complexity index is 343. The van der Waals surface area contributed by atoms with Gasteiger partial charge in [0.15, 0.2) is 0 Å². The Kier molecular flexibility index (Phi) is 5.69. The molecule has 1 fully saturated rings. The van der Waals surface area contributed by atoms with Gasteiger partial charge in [-0.15, -0.1) is 0 Å². The van der Waals surface area contributed by atoms with Crippen molar-refractivity contribution in [3.63, 3.8) is 0 Å². The van der Waals surface area contributed by atoms with E-state index in [1.54, 1.807) is 0 Å². The zero-order chi connectivity index (χ0) is 12.6. The van der Waals surface area contributed by atoms with Crippen molar-refractivity contribution in [3.05, 3.63) is 35.4 Å².